The number of likely N-dealkylation sites (N-methyl/N-ethyl adjacent to an activating group) is 1. The quantitative estimate of drug-likeness (QED) is 0.844. The predicted molar refractivity (Wildman–Crippen MR) is 103 cm³/mol. The Morgan fingerprint density at radius 1 is 1.27 bits per heavy atom. The van der Waals surface area contributed by atoms with E-state index in [0.717, 1.165) is 30.0 Å². The molecule has 3 rings (SSSR count). The molecule has 2 aromatic rings. The lowest BCUT2D eigenvalue weighted by atomic mass is 10.0. The molecule has 0 spiro atoms. The zero-order valence-electron chi connectivity index (χ0n) is 15.2. The van der Waals surface area contributed by atoms with Crippen LogP contribution in [0.5, 0.6) is 5.75 Å². The Balaban J connectivity index is 1.82. The number of thiophene rings is 1. The van der Waals surface area contributed by atoms with Crippen molar-refractivity contribution in [1.29, 1.82) is 0 Å². The molecule has 1 aromatic heterocycles. The summed E-state index contributed by atoms with van der Waals surface area (Å²) in [5, 5.41) is 3.39. The maximum absolute atomic E-state index is 12.6. The number of carbonyl (C=O) groups excluding carboxylic acids is 2. The molecular weight excluding hydrogens is 350 g/mol. The van der Waals surface area contributed by atoms with E-state index < -0.39 is 5.91 Å². The van der Waals surface area contributed by atoms with Crippen molar-refractivity contribution in [3.05, 3.63) is 45.8 Å². The molecule has 138 valence electrons. The van der Waals surface area contributed by atoms with Crippen molar-refractivity contribution in [3.8, 4) is 5.75 Å². The van der Waals surface area contributed by atoms with Crippen molar-refractivity contribution in [2.24, 2.45) is 5.73 Å². The third-order valence-electron chi connectivity index (χ3n) is 4.21. The Morgan fingerprint density at radius 2 is 1.96 bits per heavy atom. The number of nitrogens with two attached hydrogens (primary N) is 1. The number of amides is 2. The van der Waals surface area contributed by atoms with Gasteiger partial charge < -0.3 is 20.7 Å². The SMILES string of the molecule is CC(C)Oc1ccc(C(=O)Nc2sc3c(c2C(N)=O)CCN(C)C3)cc1. The predicted octanol–water partition coefficient (Wildman–Crippen LogP) is 2.87. The average molecular weight is 373 g/mol. The Kier molecular flexibility index (Phi) is 5.29. The van der Waals surface area contributed by atoms with Gasteiger partial charge in [-0.15, -0.1) is 11.3 Å². The van der Waals surface area contributed by atoms with Gasteiger partial charge in [-0.1, -0.05) is 0 Å². The first-order chi connectivity index (χ1) is 12.3. The summed E-state index contributed by atoms with van der Waals surface area (Å²) in [4.78, 5) is 27.8. The molecule has 1 aliphatic rings. The summed E-state index contributed by atoms with van der Waals surface area (Å²) in [6.45, 7) is 5.52. The van der Waals surface area contributed by atoms with E-state index in [1.54, 1.807) is 24.3 Å². The summed E-state index contributed by atoms with van der Waals surface area (Å²) < 4.78 is 5.59. The number of hydrogen-bond donors (Lipinski definition) is 2. The second-order valence-electron chi connectivity index (χ2n) is 6.71. The van der Waals surface area contributed by atoms with E-state index in [4.69, 9.17) is 10.5 Å². The van der Waals surface area contributed by atoms with Crippen molar-refractivity contribution in [3.63, 3.8) is 0 Å². The number of anilines is 1. The molecule has 26 heavy (non-hydrogen) atoms. The third-order valence-corrected chi connectivity index (χ3v) is 5.34. The van der Waals surface area contributed by atoms with E-state index in [-0.39, 0.29) is 12.0 Å². The van der Waals surface area contributed by atoms with Gasteiger partial charge in [0.2, 0.25) is 0 Å². The molecule has 0 aliphatic carbocycles. The zero-order chi connectivity index (χ0) is 18.8. The molecule has 0 atom stereocenters. The number of carbonyl (C=O) groups is 2. The lowest BCUT2D eigenvalue weighted by molar-refractivity contribution is 0.1000. The van der Waals surface area contributed by atoms with Gasteiger partial charge in [0.05, 0.1) is 11.7 Å². The van der Waals surface area contributed by atoms with Crippen LogP contribution in [0.25, 0.3) is 0 Å². The Hall–Kier alpha value is -2.38. The summed E-state index contributed by atoms with van der Waals surface area (Å²) in [7, 11) is 2.03. The second kappa shape index (κ2) is 7.47. The van der Waals surface area contributed by atoms with Crippen LogP contribution in [-0.2, 0) is 13.0 Å². The highest BCUT2D eigenvalue weighted by Crippen LogP contribution is 2.36. The minimum atomic E-state index is -0.497. The van der Waals surface area contributed by atoms with E-state index in [0.29, 0.717) is 21.9 Å². The molecule has 3 N–H and O–H groups in total. The standard InChI is InChI=1S/C19H23N3O3S/c1-11(2)25-13-6-4-12(5-7-13)18(24)21-19-16(17(20)23)14-8-9-22(3)10-15(14)26-19/h4-7,11H,8-10H2,1-3H3,(H2,20,23)(H,21,24). The van der Waals surface area contributed by atoms with Gasteiger partial charge in [0, 0.05) is 23.5 Å². The highest BCUT2D eigenvalue weighted by Gasteiger charge is 2.26. The molecule has 0 saturated carbocycles. The van der Waals surface area contributed by atoms with Crippen LogP contribution in [0.4, 0.5) is 5.00 Å². The van der Waals surface area contributed by atoms with Crippen LogP contribution in [0.1, 0.15) is 45.0 Å². The lowest BCUT2D eigenvalue weighted by Gasteiger charge is -2.22. The fourth-order valence-electron chi connectivity index (χ4n) is 3.01. The van der Waals surface area contributed by atoms with Gasteiger partial charge in [0.1, 0.15) is 10.8 Å². The van der Waals surface area contributed by atoms with Gasteiger partial charge in [-0.05, 0) is 57.1 Å². The minimum absolute atomic E-state index is 0.0726. The Morgan fingerprint density at radius 3 is 2.58 bits per heavy atom. The van der Waals surface area contributed by atoms with Crippen molar-refractivity contribution in [2.75, 3.05) is 18.9 Å². The molecule has 2 heterocycles. The number of primary amides is 1. The maximum atomic E-state index is 12.6. The summed E-state index contributed by atoms with van der Waals surface area (Å²) in [5.41, 5.74) is 7.50. The fourth-order valence-corrected chi connectivity index (χ4v) is 4.34. The van der Waals surface area contributed by atoms with Gasteiger partial charge in [-0.3, -0.25) is 9.59 Å². The number of ether oxygens (including phenoxy) is 1. The van der Waals surface area contributed by atoms with Crippen LogP contribution in [0.3, 0.4) is 0 Å². The average Bonchev–Trinajstić information content (AvgIpc) is 2.91. The van der Waals surface area contributed by atoms with Crippen LogP contribution in [0, 0.1) is 0 Å². The summed E-state index contributed by atoms with van der Waals surface area (Å²) in [6.07, 6.45) is 0.834. The molecule has 6 nitrogen and oxygen atoms in total. The largest absolute Gasteiger partial charge is 0.491 e. The van der Waals surface area contributed by atoms with Gasteiger partial charge in [-0.25, -0.2) is 0 Å². The lowest BCUT2D eigenvalue weighted by Crippen LogP contribution is -2.27. The normalized spacial score (nSPS) is 14.2. The molecule has 0 saturated heterocycles. The minimum Gasteiger partial charge on any atom is -0.491 e. The molecule has 7 heteroatoms. The van der Waals surface area contributed by atoms with E-state index in [2.05, 4.69) is 10.2 Å². The van der Waals surface area contributed by atoms with E-state index in [1.165, 1.54) is 11.3 Å². The molecule has 0 fully saturated rings. The fraction of sp³-hybridized carbons (Fsp3) is 0.368. The van der Waals surface area contributed by atoms with Gasteiger partial charge in [0.25, 0.3) is 11.8 Å². The first-order valence-corrected chi connectivity index (χ1v) is 9.37. The molecule has 1 aromatic carbocycles. The summed E-state index contributed by atoms with van der Waals surface area (Å²) in [6, 6.07) is 6.94. The molecule has 0 radical (unpaired) electrons. The second-order valence-corrected chi connectivity index (χ2v) is 7.81. The number of nitrogens with zero attached hydrogens (tertiary/aromatic N) is 1. The Labute approximate surface area is 156 Å². The van der Waals surface area contributed by atoms with Crippen LogP contribution >= 0.6 is 11.3 Å². The van der Waals surface area contributed by atoms with Crippen LogP contribution in [0.15, 0.2) is 24.3 Å². The number of rotatable bonds is 5. The van der Waals surface area contributed by atoms with Gasteiger partial charge >= 0.3 is 0 Å². The molecule has 0 unspecified atom stereocenters. The van der Waals surface area contributed by atoms with Gasteiger partial charge in [-0.2, -0.15) is 0 Å². The Bertz CT molecular complexity index is 827. The molecule has 1 aliphatic heterocycles. The van der Waals surface area contributed by atoms with E-state index in [9.17, 15) is 9.59 Å². The van der Waals surface area contributed by atoms with Crippen LogP contribution < -0.4 is 15.8 Å². The highest BCUT2D eigenvalue weighted by atomic mass is 32.1. The molecular formula is C19H23N3O3S. The number of benzene rings is 1. The van der Waals surface area contributed by atoms with Gasteiger partial charge in [0.15, 0.2) is 0 Å². The number of hydrogen-bond acceptors (Lipinski definition) is 5. The molecule has 0 bridgehead atoms. The molecule has 2 amide bonds. The summed E-state index contributed by atoms with van der Waals surface area (Å²) >= 11 is 1.43. The van der Waals surface area contributed by atoms with Crippen molar-refractivity contribution in [2.45, 2.75) is 32.9 Å². The van der Waals surface area contributed by atoms with E-state index >= 15 is 0 Å². The third kappa shape index (κ3) is 3.89. The first kappa shape index (κ1) is 18.4. The maximum Gasteiger partial charge on any atom is 0.256 e. The summed E-state index contributed by atoms with van der Waals surface area (Å²) in [5.74, 6) is -0.0532. The number of nitrogens with one attached hydrogen (secondary N) is 1. The topological polar surface area (TPSA) is 84.7 Å². The first-order valence-electron chi connectivity index (χ1n) is 8.56. The zero-order valence-corrected chi connectivity index (χ0v) is 16.0. The van der Waals surface area contributed by atoms with Crippen LogP contribution in [-0.4, -0.2) is 36.4 Å². The van der Waals surface area contributed by atoms with Crippen molar-refractivity contribution >= 4 is 28.2 Å². The monoisotopic (exact) mass is 373 g/mol. The van der Waals surface area contributed by atoms with E-state index in [1.807, 2.05) is 20.9 Å². The van der Waals surface area contributed by atoms with Crippen molar-refractivity contribution < 1.29 is 14.3 Å². The number of fused-ring (bicyclic) bond motifs is 1. The highest BCUT2D eigenvalue weighted by molar-refractivity contribution is 7.17. The smallest absolute Gasteiger partial charge is 0.256 e. The van der Waals surface area contributed by atoms with Crippen LogP contribution in [0.2, 0.25) is 0 Å². The van der Waals surface area contributed by atoms with Crippen molar-refractivity contribution in [1.82, 2.24) is 4.90 Å².